The van der Waals surface area contributed by atoms with E-state index in [1.165, 1.54) is 16.7 Å². The normalized spacial score (nSPS) is 28.1. The molecule has 0 aromatic heterocycles. The Morgan fingerprint density at radius 1 is 0.857 bits per heavy atom. The molecule has 142 valence electrons. The molecule has 2 aliphatic heterocycles. The van der Waals surface area contributed by atoms with Crippen molar-refractivity contribution in [1.29, 1.82) is 0 Å². The molecular weight excluding hydrogens is 348 g/mol. The molecule has 3 heteroatoms. The largest absolute Gasteiger partial charge is 0.374 e. The quantitative estimate of drug-likeness (QED) is 0.553. The average molecular weight is 372 g/mol. The highest BCUT2D eigenvalue weighted by atomic mass is 16.7. The monoisotopic (exact) mass is 372 g/mol. The van der Waals surface area contributed by atoms with Crippen molar-refractivity contribution in [3.8, 4) is 0 Å². The molecule has 28 heavy (non-hydrogen) atoms. The fourth-order valence-electron chi connectivity index (χ4n) is 4.01. The molecule has 0 radical (unpaired) electrons. The maximum absolute atomic E-state index is 6.31. The lowest BCUT2D eigenvalue weighted by Crippen LogP contribution is -2.24. The molecule has 3 atom stereocenters. The van der Waals surface area contributed by atoms with Gasteiger partial charge in [0.15, 0.2) is 0 Å². The summed E-state index contributed by atoms with van der Waals surface area (Å²) in [5, 5.41) is 0. The molecule has 0 amide bonds. The zero-order valence-corrected chi connectivity index (χ0v) is 16.0. The lowest BCUT2D eigenvalue weighted by Gasteiger charge is -2.17. The first kappa shape index (κ1) is 17.6. The molecule has 3 nitrogen and oxygen atoms in total. The van der Waals surface area contributed by atoms with Crippen LogP contribution in [0.1, 0.15) is 28.4 Å². The van der Waals surface area contributed by atoms with Crippen LogP contribution < -0.4 is 0 Å². The van der Waals surface area contributed by atoms with E-state index in [-0.39, 0.29) is 11.7 Å². The van der Waals surface area contributed by atoms with E-state index in [1.54, 1.807) is 0 Å². The van der Waals surface area contributed by atoms with E-state index in [2.05, 4.69) is 67.6 Å². The smallest absolute Gasteiger partial charge is 0.147 e. The fraction of sp³-hybridized carbons (Fsp3) is 0.280. The van der Waals surface area contributed by atoms with Crippen molar-refractivity contribution in [1.82, 2.24) is 0 Å². The van der Waals surface area contributed by atoms with Crippen LogP contribution in [0.25, 0.3) is 0 Å². The first-order chi connectivity index (χ1) is 13.7. The van der Waals surface area contributed by atoms with Crippen LogP contribution in [0.5, 0.6) is 0 Å². The predicted molar refractivity (Wildman–Crippen MR) is 108 cm³/mol. The Morgan fingerprint density at radius 3 is 2.18 bits per heavy atom. The lowest BCUT2D eigenvalue weighted by molar-refractivity contribution is 0.0403. The topological polar surface area (TPSA) is 34.3 Å². The molecule has 2 heterocycles. The van der Waals surface area contributed by atoms with E-state index < -0.39 is 5.60 Å². The number of hydrogen-bond acceptors (Lipinski definition) is 3. The van der Waals surface area contributed by atoms with Crippen LogP contribution >= 0.6 is 0 Å². The summed E-state index contributed by atoms with van der Waals surface area (Å²) in [6, 6.07) is 29.3. The van der Waals surface area contributed by atoms with Gasteiger partial charge in [0.1, 0.15) is 17.3 Å². The van der Waals surface area contributed by atoms with Crippen molar-refractivity contribution >= 4 is 0 Å². The van der Waals surface area contributed by atoms with Gasteiger partial charge in [0.25, 0.3) is 0 Å². The first-order valence-corrected chi connectivity index (χ1v) is 9.79. The minimum absolute atomic E-state index is 0.0163. The number of benzene rings is 3. The van der Waals surface area contributed by atoms with Gasteiger partial charge in [0.2, 0.25) is 0 Å². The molecule has 0 spiro atoms. The van der Waals surface area contributed by atoms with Gasteiger partial charge in [0.05, 0.1) is 19.8 Å². The van der Waals surface area contributed by atoms with E-state index in [1.807, 2.05) is 24.3 Å². The Bertz CT molecular complexity index is 950. The van der Waals surface area contributed by atoms with Crippen molar-refractivity contribution in [2.75, 3.05) is 19.8 Å². The molecule has 0 aliphatic carbocycles. The summed E-state index contributed by atoms with van der Waals surface area (Å²) >= 11 is 0. The van der Waals surface area contributed by atoms with E-state index in [4.69, 9.17) is 14.2 Å². The van der Waals surface area contributed by atoms with Gasteiger partial charge in [-0.1, -0.05) is 90.5 Å². The van der Waals surface area contributed by atoms with Crippen molar-refractivity contribution < 1.29 is 14.2 Å². The van der Waals surface area contributed by atoms with Crippen LogP contribution in [0.2, 0.25) is 0 Å². The SMILES string of the molecule is Cc1cccc(C2OC2(COCC2(c3ccccc3)CO2)c2ccccc2)c1. The number of epoxide rings is 2. The van der Waals surface area contributed by atoms with Gasteiger partial charge < -0.3 is 14.2 Å². The van der Waals surface area contributed by atoms with Gasteiger partial charge in [-0.3, -0.25) is 0 Å². The molecule has 2 fully saturated rings. The maximum atomic E-state index is 6.31. The Kier molecular flexibility index (Phi) is 4.31. The van der Waals surface area contributed by atoms with E-state index in [0.717, 1.165) is 5.56 Å². The van der Waals surface area contributed by atoms with Gasteiger partial charge in [-0.25, -0.2) is 0 Å². The molecule has 3 aromatic rings. The second kappa shape index (κ2) is 6.85. The summed E-state index contributed by atoms with van der Waals surface area (Å²) in [6.45, 7) is 3.86. The minimum Gasteiger partial charge on any atom is -0.374 e. The average Bonchev–Trinajstić information content (AvgIpc) is 3.66. The van der Waals surface area contributed by atoms with E-state index in [9.17, 15) is 0 Å². The third kappa shape index (κ3) is 3.16. The first-order valence-electron chi connectivity index (χ1n) is 9.79. The standard InChI is InChI=1S/C25H24O3/c1-19-9-8-10-20(15-19)23-25(28-23,22-13-6-3-7-14-22)18-26-16-24(17-27-24)21-11-4-2-5-12-21/h2-15,23H,16-18H2,1H3. The van der Waals surface area contributed by atoms with Crippen LogP contribution in [0.3, 0.4) is 0 Å². The molecule has 0 N–H and O–H groups in total. The lowest BCUT2D eigenvalue weighted by atomic mass is 9.92. The second-order valence-electron chi connectivity index (χ2n) is 7.81. The minimum atomic E-state index is -0.429. The van der Waals surface area contributed by atoms with Crippen molar-refractivity contribution in [3.63, 3.8) is 0 Å². The number of hydrogen-bond donors (Lipinski definition) is 0. The summed E-state index contributed by atoms with van der Waals surface area (Å²) in [7, 11) is 0. The summed E-state index contributed by atoms with van der Waals surface area (Å²) in [5.74, 6) is 0. The van der Waals surface area contributed by atoms with E-state index >= 15 is 0 Å². The van der Waals surface area contributed by atoms with Crippen LogP contribution in [0.4, 0.5) is 0 Å². The molecular formula is C25H24O3. The number of aryl methyl sites for hydroxylation is 1. The Morgan fingerprint density at radius 2 is 1.54 bits per heavy atom. The zero-order chi connectivity index (χ0) is 19.0. The molecule has 3 aromatic carbocycles. The second-order valence-corrected chi connectivity index (χ2v) is 7.81. The fourth-order valence-corrected chi connectivity index (χ4v) is 4.01. The number of rotatable bonds is 7. The highest BCUT2D eigenvalue weighted by Gasteiger charge is 2.59. The molecule has 2 aliphatic rings. The summed E-state index contributed by atoms with van der Waals surface area (Å²) in [6.07, 6.45) is 0.0163. The molecule has 0 bridgehead atoms. The summed E-state index contributed by atoms with van der Waals surface area (Å²) in [5.41, 5.74) is 4.05. The molecule has 0 saturated carbocycles. The van der Waals surface area contributed by atoms with Crippen molar-refractivity contribution in [2.45, 2.75) is 24.2 Å². The third-order valence-corrected chi connectivity index (χ3v) is 5.75. The van der Waals surface area contributed by atoms with Crippen LogP contribution in [-0.2, 0) is 25.4 Å². The van der Waals surface area contributed by atoms with Gasteiger partial charge in [-0.2, -0.15) is 0 Å². The van der Waals surface area contributed by atoms with Crippen molar-refractivity contribution in [3.05, 3.63) is 107 Å². The number of ether oxygens (including phenoxy) is 3. The van der Waals surface area contributed by atoms with Gasteiger partial charge in [-0.15, -0.1) is 0 Å². The Balaban J connectivity index is 1.34. The molecule has 2 saturated heterocycles. The Hall–Kier alpha value is -2.46. The van der Waals surface area contributed by atoms with Crippen LogP contribution in [-0.4, -0.2) is 19.8 Å². The van der Waals surface area contributed by atoms with Crippen LogP contribution in [0, 0.1) is 6.92 Å². The third-order valence-electron chi connectivity index (χ3n) is 5.75. The maximum Gasteiger partial charge on any atom is 0.147 e. The summed E-state index contributed by atoms with van der Waals surface area (Å²) in [4.78, 5) is 0. The summed E-state index contributed by atoms with van der Waals surface area (Å²) < 4.78 is 18.3. The molecule has 3 unspecified atom stereocenters. The highest BCUT2D eigenvalue weighted by Crippen LogP contribution is 2.57. The van der Waals surface area contributed by atoms with Gasteiger partial charge >= 0.3 is 0 Å². The van der Waals surface area contributed by atoms with Gasteiger partial charge in [-0.05, 0) is 23.6 Å². The Labute approximate surface area is 165 Å². The predicted octanol–water partition coefficient (Wildman–Crippen LogP) is 4.90. The molecule has 5 rings (SSSR count). The highest BCUT2D eigenvalue weighted by molar-refractivity contribution is 5.37. The van der Waals surface area contributed by atoms with Gasteiger partial charge in [0, 0.05) is 0 Å². The zero-order valence-electron chi connectivity index (χ0n) is 16.0. The van der Waals surface area contributed by atoms with Crippen molar-refractivity contribution in [2.24, 2.45) is 0 Å². The van der Waals surface area contributed by atoms with Crippen LogP contribution in [0.15, 0.2) is 84.9 Å². The van der Waals surface area contributed by atoms with E-state index in [0.29, 0.717) is 19.8 Å².